The normalized spacial score (nSPS) is 22.3. The van der Waals surface area contributed by atoms with E-state index in [-0.39, 0.29) is 11.7 Å². The lowest BCUT2D eigenvalue weighted by Gasteiger charge is -2.18. The maximum absolute atomic E-state index is 12.1. The van der Waals surface area contributed by atoms with Crippen LogP contribution in [-0.2, 0) is 23.0 Å². The van der Waals surface area contributed by atoms with Gasteiger partial charge in [-0.15, -0.1) is 0 Å². The zero-order valence-electron chi connectivity index (χ0n) is 15.0. The van der Waals surface area contributed by atoms with E-state index in [1.165, 1.54) is 18.4 Å². The fourth-order valence-electron chi connectivity index (χ4n) is 3.49. The van der Waals surface area contributed by atoms with Crippen molar-refractivity contribution in [2.24, 2.45) is 5.92 Å². The molecule has 0 bridgehead atoms. The number of nitrogens with zero attached hydrogens (tertiary/aromatic N) is 2. The summed E-state index contributed by atoms with van der Waals surface area (Å²) in [6.07, 6.45) is 0.178. The van der Waals surface area contributed by atoms with Crippen molar-refractivity contribution in [1.29, 1.82) is 0 Å². The van der Waals surface area contributed by atoms with E-state index in [4.69, 9.17) is 4.42 Å². The molecular formula is C18H26N2O4S. The Morgan fingerprint density at radius 2 is 2.00 bits per heavy atom. The Kier molecular flexibility index (Phi) is 5.20. The molecule has 1 aliphatic heterocycles. The van der Waals surface area contributed by atoms with Crippen LogP contribution in [-0.4, -0.2) is 61.8 Å². The molecule has 3 rings (SSSR count). The first-order valence-electron chi connectivity index (χ1n) is 8.61. The number of likely N-dealkylation sites (tertiary alicyclic amines) is 1. The Hall–Kier alpha value is -1.41. The van der Waals surface area contributed by atoms with E-state index in [2.05, 4.69) is 11.8 Å². The third kappa shape index (κ3) is 3.74. The maximum atomic E-state index is 12.1. The molecule has 6 nitrogen and oxygen atoms in total. The molecule has 1 saturated heterocycles. The molecule has 1 fully saturated rings. The molecule has 25 heavy (non-hydrogen) atoms. The van der Waals surface area contributed by atoms with Crippen LogP contribution in [0.25, 0.3) is 11.0 Å². The molecule has 0 radical (unpaired) electrons. The smallest absolute Gasteiger partial charge is 0.214 e. The Morgan fingerprint density at radius 3 is 2.68 bits per heavy atom. The number of hydrogen-bond donors (Lipinski definition) is 1. The van der Waals surface area contributed by atoms with Gasteiger partial charge in [0, 0.05) is 57.0 Å². The molecule has 1 aromatic heterocycles. The lowest BCUT2D eigenvalue weighted by Crippen LogP contribution is -2.33. The third-order valence-corrected chi connectivity index (χ3v) is 6.91. The quantitative estimate of drug-likeness (QED) is 0.842. The summed E-state index contributed by atoms with van der Waals surface area (Å²) in [4.78, 5) is 2.12. The van der Waals surface area contributed by atoms with Gasteiger partial charge in [-0.05, 0) is 6.07 Å². The van der Waals surface area contributed by atoms with Crippen molar-refractivity contribution < 1.29 is 17.9 Å². The van der Waals surface area contributed by atoms with Gasteiger partial charge in [0.05, 0.1) is 11.9 Å². The molecule has 2 atom stereocenters. The van der Waals surface area contributed by atoms with Gasteiger partial charge in [0.2, 0.25) is 10.0 Å². The van der Waals surface area contributed by atoms with Crippen LogP contribution >= 0.6 is 0 Å². The predicted octanol–water partition coefficient (Wildman–Crippen LogP) is 1.68. The summed E-state index contributed by atoms with van der Waals surface area (Å²) in [7, 11) is -0.265. The number of fused-ring (bicyclic) bond motifs is 1. The van der Waals surface area contributed by atoms with Crippen molar-refractivity contribution in [2.75, 3.05) is 32.9 Å². The van der Waals surface area contributed by atoms with Crippen LogP contribution in [0.4, 0.5) is 0 Å². The molecule has 1 aliphatic rings. The van der Waals surface area contributed by atoms with E-state index in [1.54, 1.807) is 0 Å². The Labute approximate surface area is 149 Å². The second-order valence-corrected chi connectivity index (χ2v) is 9.16. The molecule has 1 aromatic carbocycles. The summed E-state index contributed by atoms with van der Waals surface area (Å²) in [5.74, 6) is 0.667. The van der Waals surface area contributed by atoms with Gasteiger partial charge < -0.3 is 9.52 Å². The number of aliphatic hydroxyl groups is 1. The summed E-state index contributed by atoms with van der Waals surface area (Å²) < 4.78 is 31.4. The van der Waals surface area contributed by atoms with Gasteiger partial charge in [-0.3, -0.25) is 4.90 Å². The van der Waals surface area contributed by atoms with Crippen molar-refractivity contribution in [2.45, 2.75) is 26.0 Å². The molecule has 7 heteroatoms. The highest BCUT2D eigenvalue weighted by atomic mass is 32.2. The maximum Gasteiger partial charge on any atom is 0.214 e. The molecule has 0 spiro atoms. The standard InChI is InChI=1S/C18H26N2O4S/c1-4-17-15(14-7-5-6-8-18(14)24-17)10-20-9-13(16(21)11-20)12-25(22,23)19(2)3/h5-8,13,16,21H,4,9-12H2,1-3H3/t13-,16+/m0/s1. The van der Waals surface area contributed by atoms with E-state index in [0.717, 1.165) is 28.7 Å². The summed E-state index contributed by atoms with van der Waals surface area (Å²) in [5, 5.41) is 11.4. The average Bonchev–Trinajstić information content (AvgIpc) is 3.08. The van der Waals surface area contributed by atoms with Gasteiger partial charge in [-0.25, -0.2) is 12.7 Å². The van der Waals surface area contributed by atoms with E-state index in [9.17, 15) is 13.5 Å². The monoisotopic (exact) mass is 366 g/mol. The Bertz CT molecular complexity index is 844. The van der Waals surface area contributed by atoms with Crippen LogP contribution in [0.1, 0.15) is 18.2 Å². The molecular weight excluding hydrogens is 340 g/mol. The van der Waals surface area contributed by atoms with Crippen molar-refractivity contribution in [1.82, 2.24) is 9.21 Å². The number of β-amino-alcohol motifs (C(OH)–C–C–N with tert-alkyl or cyclic N) is 1. The molecule has 2 aromatic rings. The minimum Gasteiger partial charge on any atom is -0.461 e. The van der Waals surface area contributed by atoms with Crippen LogP contribution in [0.2, 0.25) is 0 Å². The molecule has 0 unspecified atom stereocenters. The molecule has 138 valence electrons. The molecule has 0 aliphatic carbocycles. The number of aliphatic hydroxyl groups excluding tert-OH is 1. The van der Waals surface area contributed by atoms with Crippen LogP contribution in [0, 0.1) is 5.92 Å². The van der Waals surface area contributed by atoms with Gasteiger partial charge in [0.25, 0.3) is 0 Å². The van der Waals surface area contributed by atoms with Crippen molar-refractivity contribution in [3.8, 4) is 0 Å². The molecule has 0 saturated carbocycles. The minimum atomic E-state index is -3.32. The first-order valence-corrected chi connectivity index (χ1v) is 10.2. The molecule has 1 N–H and O–H groups in total. The summed E-state index contributed by atoms with van der Waals surface area (Å²) >= 11 is 0. The second-order valence-electron chi connectivity index (χ2n) is 6.94. The van der Waals surface area contributed by atoms with Gasteiger partial charge in [-0.1, -0.05) is 25.1 Å². The zero-order chi connectivity index (χ0) is 18.2. The van der Waals surface area contributed by atoms with E-state index in [1.807, 2.05) is 24.3 Å². The van der Waals surface area contributed by atoms with Gasteiger partial charge in [0.15, 0.2) is 0 Å². The lowest BCUT2D eigenvalue weighted by molar-refractivity contribution is 0.148. The van der Waals surface area contributed by atoms with Crippen molar-refractivity contribution >= 4 is 21.0 Å². The van der Waals surface area contributed by atoms with Crippen LogP contribution in [0.3, 0.4) is 0 Å². The van der Waals surface area contributed by atoms with Crippen LogP contribution < -0.4 is 0 Å². The van der Waals surface area contributed by atoms with E-state index < -0.39 is 16.1 Å². The van der Waals surface area contributed by atoms with Crippen LogP contribution in [0.5, 0.6) is 0 Å². The van der Waals surface area contributed by atoms with Crippen molar-refractivity contribution in [3.05, 3.63) is 35.6 Å². The fourth-order valence-corrected chi connectivity index (χ4v) is 4.65. The Morgan fingerprint density at radius 1 is 1.28 bits per heavy atom. The summed E-state index contributed by atoms with van der Waals surface area (Å²) in [6, 6.07) is 7.96. The second kappa shape index (κ2) is 7.07. The Balaban J connectivity index is 1.77. The number of hydrogen-bond acceptors (Lipinski definition) is 5. The van der Waals surface area contributed by atoms with Crippen molar-refractivity contribution in [3.63, 3.8) is 0 Å². The number of furan rings is 1. The largest absolute Gasteiger partial charge is 0.461 e. The third-order valence-electron chi connectivity index (χ3n) is 4.95. The number of para-hydroxylation sites is 1. The topological polar surface area (TPSA) is 74.0 Å². The number of sulfonamides is 1. The van der Waals surface area contributed by atoms with Gasteiger partial charge in [0.1, 0.15) is 11.3 Å². The minimum absolute atomic E-state index is 0.0234. The first-order chi connectivity index (χ1) is 11.8. The number of benzene rings is 1. The van der Waals surface area contributed by atoms with Gasteiger partial charge in [-0.2, -0.15) is 0 Å². The first kappa shape index (κ1) is 18.4. The fraction of sp³-hybridized carbons (Fsp3) is 0.556. The summed E-state index contributed by atoms with van der Waals surface area (Å²) in [6.45, 7) is 3.77. The number of rotatable bonds is 6. The van der Waals surface area contributed by atoms with Crippen LogP contribution in [0.15, 0.2) is 28.7 Å². The SMILES string of the molecule is CCc1oc2ccccc2c1CN1C[C@@H](CS(=O)(=O)N(C)C)[C@H](O)C1. The number of aryl methyl sites for hydroxylation is 1. The predicted molar refractivity (Wildman–Crippen MR) is 97.8 cm³/mol. The highest BCUT2D eigenvalue weighted by molar-refractivity contribution is 7.89. The van der Waals surface area contributed by atoms with E-state index >= 15 is 0 Å². The van der Waals surface area contributed by atoms with Gasteiger partial charge >= 0.3 is 0 Å². The highest BCUT2D eigenvalue weighted by Gasteiger charge is 2.35. The summed E-state index contributed by atoms with van der Waals surface area (Å²) in [5.41, 5.74) is 2.02. The van der Waals surface area contributed by atoms with E-state index in [0.29, 0.717) is 19.6 Å². The lowest BCUT2D eigenvalue weighted by atomic mass is 10.1. The molecule has 2 heterocycles. The molecule has 0 amide bonds. The average molecular weight is 366 g/mol. The zero-order valence-corrected chi connectivity index (χ0v) is 15.8. The highest BCUT2D eigenvalue weighted by Crippen LogP contribution is 2.29.